The van der Waals surface area contributed by atoms with Gasteiger partial charge in [-0.1, -0.05) is 31.2 Å². The van der Waals surface area contributed by atoms with Crippen molar-refractivity contribution in [3.8, 4) is 5.75 Å². The average Bonchev–Trinajstić information content (AvgIpc) is 2.78. The van der Waals surface area contributed by atoms with Crippen molar-refractivity contribution >= 4 is 17.2 Å². The molecule has 4 rings (SSSR count). The van der Waals surface area contributed by atoms with E-state index in [1.54, 1.807) is 7.11 Å². The molecule has 2 aliphatic rings. The molecular formula is C21H22N2O2. The summed E-state index contributed by atoms with van der Waals surface area (Å²) in [6, 6.07) is 15.9. The Morgan fingerprint density at radius 3 is 2.44 bits per heavy atom. The highest BCUT2D eigenvalue weighted by Gasteiger charge is 2.34. The van der Waals surface area contributed by atoms with Gasteiger partial charge < -0.3 is 15.4 Å². The summed E-state index contributed by atoms with van der Waals surface area (Å²) in [5, 5.41) is 7.09. The van der Waals surface area contributed by atoms with Crippen LogP contribution in [0.5, 0.6) is 5.75 Å². The third-order valence-electron chi connectivity index (χ3n) is 4.96. The first-order valence-corrected chi connectivity index (χ1v) is 8.68. The van der Waals surface area contributed by atoms with Gasteiger partial charge in [-0.3, -0.25) is 4.79 Å². The number of methoxy groups -OCH3 is 1. The summed E-state index contributed by atoms with van der Waals surface area (Å²) >= 11 is 0. The van der Waals surface area contributed by atoms with Crippen LogP contribution in [0.4, 0.5) is 11.4 Å². The molecule has 0 saturated carbocycles. The largest absolute Gasteiger partial charge is 0.497 e. The van der Waals surface area contributed by atoms with E-state index in [1.165, 1.54) is 0 Å². The second-order valence-corrected chi connectivity index (χ2v) is 6.85. The number of benzene rings is 2. The molecule has 0 spiro atoms. The Balaban J connectivity index is 1.84. The van der Waals surface area contributed by atoms with Crippen LogP contribution in [-0.2, 0) is 4.79 Å². The SMILES string of the molecule is COc1ccc(C2Nc3ccccc3NC3=C2C(=O)CC(C)C3)cc1. The number of para-hydroxylation sites is 2. The van der Waals surface area contributed by atoms with Crippen LogP contribution in [0.1, 0.15) is 31.4 Å². The van der Waals surface area contributed by atoms with E-state index in [9.17, 15) is 4.79 Å². The number of anilines is 2. The highest BCUT2D eigenvalue weighted by Crippen LogP contribution is 2.41. The number of carbonyl (C=O) groups is 1. The van der Waals surface area contributed by atoms with E-state index >= 15 is 0 Å². The van der Waals surface area contributed by atoms with Crippen molar-refractivity contribution in [1.82, 2.24) is 0 Å². The van der Waals surface area contributed by atoms with Gasteiger partial charge in [0.25, 0.3) is 0 Å². The maximum atomic E-state index is 12.9. The Hall–Kier alpha value is -2.75. The van der Waals surface area contributed by atoms with E-state index < -0.39 is 0 Å². The van der Waals surface area contributed by atoms with Gasteiger partial charge >= 0.3 is 0 Å². The van der Waals surface area contributed by atoms with Crippen molar-refractivity contribution in [1.29, 1.82) is 0 Å². The minimum Gasteiger partial charge on any atom is -0.497 e. The molecule has 0 fully saturated rings. The van der Waals surface area contributed by atoms with Crippen molar-refractivity contribution in [2.24, 2.45) is 5.92 Å². The molecule has 128 valence electrons. The van der Waals surface area contributed by atoms with Crippen LogP contribution >= 0.6 is 0 Å². The maximum Gasteiger partial charge on any atom is 0.163 e. The fraction of sp³-hybridized carbons (Fsp3) is 0.286. The molecule has 0 bridgehead atoms. The van der Waals surface area contributed by atoms with Crippen LogP contribution in [0.3, 0.4) is 0 Å². The standard InChI is InChI=1S/C21H22N2O2/c1-13-11-18-20(19(24)12-13)21(14-7-9-15(25-2)10-8-14)23-17-6-4-3-5-16(17)22-18/h3-10,13,21-23H,11-12H2,1-2H3. The number of hydrogen-bond donors (Lipinski definition) is 2. The summed E-state index contributed by atoms with van der Waals surface area (Å²) in [6.07, 6.45) is 1.49. The molecule has 1 aliphatic carbocycles. The lowest BCUT2D eigenvalue weighted by molar-refractivity contribution is -0.117. The molecule has 2 unspecified atom stereocenters. The molecule has 1 heterocycles. The minimum atomic E-state index is -0.156. The topological polar surface area (TPSA) is 50.4 Å². The highest BCUT2D eigenvalue weighted by molar-refractivity contribution is 6.00. The Kier molecular flexibility index (Phi) is 3.96. The van der Waals surface area contributed by atoms with Gasteiger partial charge in [-0.25, -0.2) is 0 Å². The van der Waals surface area contributed by atoms with Gasteiger partial charge in [0.05, 0.1) is 24.5 Å². The average molecular weight is 334 g/mol. The van der Waals surface area contributed by atoms with Crippen molar-refractivity contribution < 1.29 is 9.53 Å². The molecule has 2 N–H and O–H groups in total. The van der Waals surface area contributed by atoms with Gasteiger partial charge in [-0.2, -0.15) is 0 Å². The number of Topliss-reactive ketones (excluding diaryl/α,β-unsaturated/α-hetero) is 1. The van der Waals surface area contributed by atoms with Crippen LogP contribution < -0.4 is 15.4 Å². The third-order valence-corrected chi connectivity index (χ3v) is 4.96. The zero-order valence-corrected chi connectivity index (χ0v) is 14.5. The maximum absolute atomic E-state index is 12.9. The zero-order chi connectivity index (χ0) is 17.4. The van der Waals surface area contributed by atoms with Crippen LogP contribution in [0.25, 0.3) is 0 Å². The number of rotatable bonds is 2. The molecule has 0 aromatic heterocycles. The van der Waals surface area contributed by atoms with Gasteiger partial charge in [0.1, 0.15) is 5.75 Å². The smallest absolute Gasteiger partial charge is 0.163 e. The molecule has 2 aromatic rings. The molecule has 25 heavy (non-hydrogen) atoms. The molecular weight excluding hydrogens is 312 g/mol. The van der Waals surface area contributed by atoms with Gasteiger partial charge in [0.15, 0.2) is 5.78 Å². The summed E-state index contributed by atoms with van der Waals surface area (Å²) in [5.41, 5.74) is 5.00. The molecule has 4 nitrogen and oxygen atoms in total. The van der Waals surface area contributed by atoms with Crippen molar-refractivity contribution in [3.63, 3.8) is 0 Å². The number of hydrogen-bond acceptors (Lipinski definition) is 4. The first kappa shape index (κ1) is 15.8. The lowest BCUT2D eigenvalue weighted by Gasteiger charge is -2.28. The van der Waals surface area contributed by atoms with Crippen LogP contribution in [0.15, 0.2) is 59.8 Å². The predicted octanol–water partition coefficient (Wildman–Crippen LogP) is 4.53. The number of allylic oxidation sites excluding steroid dienone is 1. The quantitative estimate of drug-likeness (QED) is 0.847. The van der Waals surface area contributed by atoms with E-state index in [-0.39, 0.29) is 11.8 Å². The predicted molar refractivity (Wildman–Crippen MR) is 99.9 cm³/mol. The van der Waals surface area contributed by atoms with Crippen LogP contribution in [-0.4, -0.2) is 12.9 Å². The summed E-state index contributed by atoms with van der Waals surface area (Å²) in [5.74, 6) is 1.40. The lowest BCUT2D eigenvalue weighted by atomic mass is 9.82. The fourth-order valence-electron chi connectivity index (χ4n) is 3.73. The van der Waals surface area contributed by atoms with E-state index in [4.69, 9.17) is 4.74 Å². The molecule has 1 aliphatic heterocycles. The zero-order valence-electron chi connectivity index (χ0n) is 14.5. The Morgan fingerprint density at radius 2 is 1.72 bits per heavy atom. The Bertz CT molecular complexity index is 839. The number of carbonyl (C=O) groups excluding carboxylic acids is 1. The Labute approximate surface area is 147 Å². The first-order chi connectivity index (χ1) is 12.2. The second-order valence-electron chi connectivity index (χ2n) is 6.85. The molecule has 4 heteroatoms. The molecule has 2 atom stereocenters. The Morgan fingerprint density at radius 1 is 1.00 bits per heavy atom. The van der Waals surface area contributed by atoms with Gasteiger partial charge in [0, 0.05) is 17.7 Å². The van der Waals surface area contributed by atoms with Crippen LogP contribution in [0, 0.1) is 5.92 Å². The van der Waals surface area contributed by atoms with E-state index in [2.05, 4.69) is 17.6 Å². The first-order valence-electron chi connectivity index (χ1n) is 8.68. The van der Waals surface area contributed by atoms with E-state index in [0.29, 0.717) is 12.3 Å². The van der Waals surface area contributed by atoms with Crippen LogP contribution in [0.2, 0.25) is 0 Å². The van der Waals surface area contributed by atoms with E-state index in [1.807, 2.05) is 48.5 Å². The molecule has 0 amide bonds. The van der Waals surface area contributed by atoms with Crippen molar-refractivity contribution in [2.75, 3.05) is 17.7 Å². The number of fused-ring (bicyclic) bond motifs is 1. The second kappa shape index (κ2) is 6.28. The molecule has 2 aromatic carbocycles. The van der Waals surface area contributed by atoms with Crippen molar-refractivity contribution in [2.45, 2.75) is 25.8 Å². The monoisotopic (exact) mass is 334 g/mol. The van der Waals surface area contributed by atoms with E-state index in [0.717, 1.165) is 40.4 Å². The summed E-state index contributed by atoms with van der Waals surface area (Å²) in [4.78, 5) is 12.9. The number of ether oxygens (including phenoxy) is 1. The molecule has 0 saturated heterocycles. The van der Waals surface area contributed by atoms with Gasteiger partial charge in [0.2, 0.25) is 0 Å². The van der Waals surface area contributed by atoms with Gasteiger partial charge in [-0.05, 0) is 42.2 Å². The molecule has 0 radical (unpaired) electrons. The summed E-state index contributed by atoms with van der Waals surface area (Å²) < 4.78 is 5.27. The minimum absolute atomic E-state index is 0.156. The fourth-order valence-corrected chi connectivity index (χ4v) is 3.73. The number of nitrogens with one attached hydrogen (secondary N) is 2. The number of ketones is 1. The third kappa shape index (κ3) is 2.88. The van der Waals surface area contributed by atoms with Gasteiger partial charge in [-0.15, -0.1) is 0 Å². The highest BCUT2D eigenvalue weighted by atomic mass is 16.5. The summed E-state index contributed by atoms with van der Waals surface area (Å²) in [7, 11) is 1.66. The normalized spacial score (nSPS) is 22.2. The summed E-state index contributed by atoms with van der Waals surface area (Å²) in [6.45, 7) is 2.13. The lowest BCUT2D eigenvalue weighted by Crippen LogP contribution is -2.26. The van der Waals surface area contributed by atoms with Crippen molar-refractivity contribution in [3.05, 3.63) is 65.4 Å².